The fourth-order valence-electron chi connectivity index (χ4n) is 2.77. The first-order valence-electron chi connectivity index (χ1n) is 8.97. The van der Waals surface area contributed by atoms with Crippen LogP contribution in [0.5, 0.6) is 5.75 Å². The molecule has 2 aromatic carbocycles. The van der Waals surface area contributed by atoms with E-state index in [4.69, 9.17) is 4.74 Å². The van der Waals surface area contributed by atoms with Gasteiger partial charge in [-0.15, -0.1) is 0 Å². The Morgan fingerprint density at radius 3 is 2.00 bits per heavy atom. The van der Waals surface area contributed by atoms with Gasteiger partial charge in [-0.05, 0) is 34.4 Å². The summed E-state index contributed by atoms with van der Waals surface area (Å²) in [6.45, 7) is 13.0. The molecular weight excluding hydrogens is 308 g/mol. The summed E-state index contributed by atoms with van der Waals surface area (Å²) >= 11 is 0. The molecule has 2 heteroatoms. The van der Waals surface area contributed by atoms with Crippen molar-refractivity contribution in [3.63, 3.8) is 0 Å². The molecule has 25 heavy (non-hydrogen) atoms. The number of carbonyl (C=O) groups excluding carboxylic acids is 1. The lowest BCUT2D eigenvalue weighted by Gasteiger charge is -2.22. The highest BCUT2D eigenvalue weighted by atomic mass is 16.5. The highest BCUT2D eigenvalue weighted by Gasteiger charge is 2.20. The van der Waals surface area contributed by atoms with Gasteiger partial charge in [0, 0.05) is 12.0 Å². The molecule has 0 radical (unpaired) electrons. The molecule has 2 rings (SSSR count). The molecule has 0 amide bonds. The molecule has 0 aliphatic rings. The van der Waals surface area contributed by atoms with E-state index in [0.717, 1.165) is 11.1 Å². The Balaban J connectivity index is 1.98. The predicted molar refractivity (Wildman–Crippen MR) is 104 cm³/mol. The zero-order chi connectivity index (χ0) is 18.7. The van der Waals surface area contributed by atoms with E-state index >= 15 is 0 Å². The van der Waals surface area contributed by atoms with Gasteiger partial charge in [-0.3, -0.25) is 4.79 Å². The van der Waals surface area contributed by atoms with Crippen LogP contribution >= 0.6 is 0 Å². The maximum absolute atomic E-state index is 12.3. The minimum atomic E-state index is -0.184. The third-order valence-electron chi connectivity index (χ3n) is 4.36. The zero-order valence-electron chi connectivity index (χ0n) is 16.3. The zero-order valence-corrected chi connectivity index (χ0v) is 16.3. The van der Waals surface area contributed by atoms with Crippen molar-refractivity contribution in [3.8, 4) is 5.75 Å². The molecule has 0 aromatic heterocycles. The van der Waals surface area contributed by atoms with Crippen LogP contribution in [0.3, 0.4) is 0 Å². The monoisotopic (exact) mass is 338 g/mol. The van der Waals surface area contributed by atoms with Crippen LogP contribution in [-0.4, -0.2) is 5.97 Å². The average molecular weight is 338 g/mol. The maximum Gasteiger partial charge on any atom is 0.311 e. The average Bonchev–Trinajstić information content (AvgIpc) is 2.52. The maximum atomic E-state index is 12.3. The molecular formula is C23H30O2. The molecule has 2 nitrogen and oxygen atoms in total. The second-order valence-corrected chi connectivity index (χ2v) is 8.67. The number of carbonyl (C=O) groups is 1. The molecule has 0 spiro atoms. The Kier molecular flexibility index (Phi) is 5.72. The van der Waals surface area contributed by atoms with E-state index in [1.165, 1.54) is 5.56 Å². The first-order chi connectivity index (χ1) is 11.6. The predicted octanol–water partition coefficient (Wildman–Crippen LogP) is 5.82. The number of hydrogen-bond donors (Lipinski definition) is 0. The van der Waals surface area contributed by atoms with Crippen molar-refractivity contribution >= 4 is 5.97 Å². The quantitative estimate of drug-likeness (QED) is 0.518. The van der Waals surface area contributed by atoms with Crippen molar-refractivity contribution in [2.75, 3.05) is 0 Å². The van der Waals surface area contributed by atoms with Crippen molar-refractivity contribution in [1.29, 1.82) is 0 Å². The van der Waals surface area contributed by atoms with Gasteiger partial charge in [0.25, 0.3) is 0 Å². The lowest BCUT2D eigenvalue weighted by molar-refractivity contribution is -0.134. The molecule has 0 aliphatic carbocycles. The van der Waals surface area contributed by atoms with Crippen LogP contribution in [0, 0.1) is 0 Å². The van der Waals surface area contributed by atoms with E-state index in [1.807, 2.05) is 24.3 Å². The van der Waals surface area contributed by atoms with Crippen molar-refractivity contribution in [3.05, 3.63) is 65.2 Å². The first-order valence-corrected chi connectivity index (χ1v) is 8.97. The number of rotatable bonds is 4. The summed E-state index contributed by atoms with van der Waals surface area (Å²) in [6, 6.07) is 16.3. The Hall–Kier alpha value is -2.09. The van der Waals surface area contributed by atoms with Gasteiger partial charge in [0.15, 0.2) is 0 Å². The Morgan fingerprint density at radius 2 is 1.44 bits per heavy atom. The minimum Gasteiger partial charge on any atom is -0.426 e. The molecule has 0 bridgehead atoms. The van der Waals surface area contributed by atoms with Crippen molar-refractivity contribution in [1.82, 2.24) is 0 Å². The van der Waals surface area contributed by atoms with Gasteiger partial charge in [-0.25, -0.2) is 0 Å². The number of ether oxygens (including phenoxy) is 1. The van der Waals surface area contributed by atoms with Gasteiger partial charge in [0.1, 0.15) is 5.75 Å². The highest BCUT2D eigenvalue weighted by molar-refractivity contribution is 5.73. The summed E-state index contributed by atoms with van der Waals surface area (Å²) in [5.41, 5.74) is 3.61. The second-order valence-electron chi connectivity index (χ2n) is 8.67. The SMILES string of the molecule is CC(C)(C)c1ccc(CCC(=O)Oc2ccccc2C(C)(C)C)cc1. The van der Waals surface area contributed by atoms with E-state index in [9.17, 15) is 4.79 Å². The smallest absolute Gasteiger partial charge is 0.311 e. The third-order valence-corrected chi connectivity index (χ3v) is 4.36. The fraction of sp³-hybridized carbons (Fsp3) is 0.435. The van der Waals surface area contributed by atoms with Crippen LogP contribution in [0.15, 0.2) is 48.5 Å². The molecule has 0 saturated carbocycles. The summed E-state index contributed by atoms with van der Waals surface area (Å²) in [4.78, 5) is 12.3. The van der Waals surface area contributed by atoms with E-state index in [0.29, 0.717) is 18.6 Å². The van der Waals surface area contributed by atoms with Crippen LogP contribution < -0.4 is 4.74 Å². The lowest BCUT2D eigenvalue weighted by Crippen LogP contribution is -2.16. The van der Waals surface area contributed by atoms with E-state index < -0.39 is 0 Å². The Morgan fingerprint density at radius 1 is 0.840 bits per heavy atom. The van der Waals surface area contributed by atoms with E-state index in [1.54, 1.807) is 0 Å². The highest BCUT2D eigenvalue weighted by Crippen LogP contribution is 2.31. The standard InChI is InChI=1S/C23H30O2/c1-22(2,3)18-14-11-17(12-15-18)13-16-21(24)25-20-10-8-7-9-19(20)23(4,5)6/h7-12,14-15H,13,16H2,1-6H3. The van der Waals surface area contributed by atoms with Gasteiger partial charge in [-0.1, -0.05) is 84.0 Å². The van der Waals surface area contributed by atoms with E-state index in [-0.39, 0.29) is 16.8 Å². The molecule has 0 N–H and O–H groups in total. The van der Waals surface area contributed by atoms with Gasteiger partial charge in [0.2, 0.25) is 0 Å². The molecule has 2 aromatic rings. The van der Waals surface area contributed by atoms with E-state index in [2.05, 4.69) is 65.8 Å². The molecule has 0 aliphatic heterocycles. The number of hydrogen-bond acceptors (Lipinski definition) is 2. The molecule has 0 fully saturated rings. The van der Waals surface area contributed by atoms with Crippen LogP contribution in [0.4, 0.5) is 0 Å². The fourth-order valence-corrected chi connectivity index (χ4v) is 2.77. The second kappa shape index (κ2) is 7.43. The number of aryl methyl sites for hydroxylation is 1. The summed E-state index contributed by atoms with van der Waals surface area (Å²) in [6.07, 6.45) is 1.08. The summed E-state index contributed by atoms with van der Waals surface area (Å²) in [7, 11) is 0. The molecule has 134 valence electrons. The number of benzene rings is 2. The summed E-state index contributed by atoms with van der Waals surface area (Å²) < 4.78 is 5.63. The summed E-state index contributed by atoms with van der Waals surface area (Å²) in [5.74, 6) is 0.486. The molecule has 0 unspecified atom stereocenters. The third kappa shape index (κ3) is 5.45. The number of esters is 1. The lowest BCUT2D eigenvalue weighted by atomic mass is 9.86. The minimum absolute atomic E-state index is 0.0559. The molecule has 0 atom stereocenters. The summed E-state index contributed by atoms with van der Waals surface area (Å²) in [5, 5.41) is 0. The molecule has 0 heterocycles. The Labute approximate surface area is 152 Å². The normalized spacial score (nSPS) is 12.1. The van der Waals surface area contributed by atoms with Gasteiger partial charge in [-0.2, -0.15) is 0 Å². The van der Waals surface area contributed by atoms with Crippen LogP contribution in [0.2, 0.25) is 0 Å². The van der Waals surface area contributed by atoms with Crippen molar-refractivity contribution < 1.29 is 9.53 Å². The topological polar surface area (TPSA) is 26.3 Å². The first kappa shape index (κ1) is 19.2. The molecule has 0 saturated heterocycles. The van der Waals surface area contributed by atoms with Crippen molar-refractivity contribution in [2.45, 2.75) is 65.2 Å². The van der Waals surface area contributed by atoms with Crippen LogP contribution in [0.1, 0.15) is 64.7 Å². The van der Waals surface area contributed by atoms with Crippen LogP contribution in [0.25, 0.3) is 0 Å². The largest absolute Gasteiger partial charge is 0.426 e. The number of para-hydroxylation sites is 1. The van der Waals surface area contributed by atoms with Crippen LogP contribution in [-0.2, 0) is 22.0 Å². The van der Waals surface area contributed by atoms with Crippen molar-refractivity contribution in [2.24, 2.45) is 0 Å². The van der Waals surface area contributed by atoms with Gasteiger partial charge < -0.3 is 4.74 Å². The van der Waals surface area contributed by atoms with Gasteiger partial charge in [0.05, 0.1) is 0 Å². The Bertz CT molecular complexity index is 713. The van der Waals surface area contributed by atoms with Gasteiger partial charge >= 0.3 is 5.97 Å².